The number of nitrogen functional groups attached to an aromatic ring is 1. The van der Waals surface area contributed by atoms with Gasteiger partial charge in [-0.15, -0.1) is 0 Å². The number of nitrogens with two attached hydrogens (primary N) is 1. The summed E-state index contributed by atoms with van der Waals surface area (Å²) in [6.07, 6.45) is 0. The lowest BCUT2D eigenvalue weighted by atomic mass is 10.2. The van der Waals surface area contributed by atoms with Gasteiger partial charge in [-0.1, -0.05) is 11.6 Å². The number of anilines is 1. The third kappa shape index (κ3) is 4.13. The van der Waals surface area contributed by atoms with Gasteiger partial charge in [-0.25, -0.2) is 4.79 Å². The van der Waals surface area contributed by atoms with E-state index in [2.05, 4.69) is 0 Å². The van der Waals surface area contributed by atoms with Crippen molar-refractivity contribution in [2.75, 3.05) is 19.4 Å². The summed E-state index contributed by atoms with van der Waals surface area (Å²) in [4.78, 5) is 24.9. The van der Waals surface area contributed by atoms with Crippen molar-refractivity contribution in [1.29, 1.82) is 0 Å². The molecule has 0 fully saturated rings. The molecule has 5 nitrogen and oxygen atoms in total. The number of amides is 1. The number of likely N-dealkylation sites (N-methyl/N-ethyl adjacent to an activating group) is 1. The fourth-order valence-corrected chi connectivity index (χ4v) is 1.47. The number of halogens is 1. The van der Waals surface area contributed by atoms with Crippen LogP contribution in [0.2, 0.25) is 5.02 Å². The van der Waals surface area contributed by atoms with Crippen molar-refractivity contribution in [1.82, 2.24) is 4.90 Å². The molecule has 19 heavy (non-hydrogen) atoms. The van der Waals surface area contributed by atoms with Gasteiger partial charge >= 0.3 is 5.97 Å². The topological polar surface area (TPSA) is 72.6 Å². The highest BCUT2D eigenvalue weighted by atomic mass is 35.5. The third-order valence-electron chi connectivity index (χ3n) is 2.73. The monoisotopic (exact) mass is 284 g/mol. The molecule has 0 saturated carbocycles. The molecule has 0 aliphatic rings. The summed E-state index contributed by atoms with van der Waals surface area (Å²) in [6, 6.07) is 4.55. The molecule has 1 aromatic rings. The number of esters is 1. The summed E-state index contributed by atoms with van der Waals surface area (Å²) in [6.45, 7) is 3.42. The highest BCUT2D eigenvalue weighted by Crippen LogP contribution is 2.18. The van der Waals surface area contributed by atoms with E-state index in [4.69, 9.17) is 22.1 Å². The summed E-state index contributed by atoms with van der Waals surface area (Å²) in [5, 5.41) is 0.381. The van der Waals surface area contributed by atoms with E-state index in [1.165, 1.54) is 17.0 Å². The van der Waals surface area contributed by atoms with Crippen molar-refractivity contribution in [3.8, 4) is 0 Å². The lowest BCUT2D eigenvalue weighted by molar-refractivity contribution is -0.134. The number of rotatable bonds is 4. The maximum Gasteiger partial charge on any atom is 0.340 e. The zero-order valence-electron chi connectivity index (χ0n) is 11.1. The molecule has 0 aliphatic carbocycles. The van der Waals surface area contributed by atoms with Crippen LogP contribution in [0.25, 0.3) is 0 Å². The van der Waals surface area contributed by atoms with E-state index in [1.54, 1.807) is 13.1 Å². The Balaban J connectivity index is 2.66. The van der Waals surface area contributed by atoms with E-state index in [0.29, 0.717) is 5.02 Å². The van der Waals surface area contributed by atoms with Crippen LogP contribution in [0.4, 0.5) is 5.69 Å². The van der Waals surface area contributed by atoms with Gasteiger partial charge < -0.3 is 15.4 Å². The summed E-state index contributed by atoms with van der Waals surface area (Å²) in [5.74, 6) is -0.936. The Morgan fingerprint density at radius 3 is 2.63 bits per heavy atom. The van der Waals surface area contributed by atoms with Gasteiger partial charge in [0.25, 0.3) is 5.91 Å². The van der Waals surface area contributed by atoms with E-state index >= 15 is 0 Å². The minimum absolute atomic E-state index is 0.0439. The van der Waals surface area contributed by atoms with E-state index < -0.39 is 5.97 Å². The predicted molar refractivity (Wildman–Crippen MR) is 74.1 cm³/mol. The van der Waals surface area contributed by atoms with Crippen molar-refractivity contribution in [3.63, 3.8) is 0 Å². The molecule has 0 atom stereocenters. The van der Waals surface area contributed by atoms with Gasteiger partial charge in [-0.2, -0.15) is 0 Å². The maximum atomic E-state index is 11.8. The highest BCUT2D eigenvalue weighted by molar-refractivity contribution is 6.31. The van der Waals surface area contributed by atoms with Crippen molar-refractivity contribution in [2.24, 2.45) is 0 Å². The van der Waals surface area contributed by atoms with Gasteiger partial charge in [0.15, 0.2) is 6.61 Å². The average molecular weight is 285 g/mol. The first-order valence-electron chi connectivity index (χ1n) is 5.80. The molecule has 0 spiro atoms. The first-order valence-corrected chi connectivity index (χ1v) is 6.18. The SMILES string of the molecule is CC(C)N(C)C(=O)COC(=O)c1cc(Cl)ccc1N. The van der Waals surface area contributed by atoms with Gasteiger partial charge in [-0.3, -0.25) is 4.79 Å². The number of carbonyl (C=O) groups excluding carboxylic acids is 2. The van der Waals surface area contributed by atoms with Crippen molar-refractivity contribution >= 4 is 29.2 Å². The second-order valence-electron chi connectivity index (χ2n) is 4.41. The lowest BCUT2D eigenvalue weighted by Crippen LogP contribution is -2.36. The molecule has 104 valence electrons. The number of benzene rings is 1. The second kappa shape index (κ2) is 6.43. The molecule has 1 amide bonds. The Hall–Kier alpha value is -1.75. The normalized spacial score (nSPS) is 10.4. The Morgan fingerprint density at radius 1 is 1.42 bits per heavy atom. The molecule has 0 aromatic heterocycles. The van der Waals surface area contributed by atoms with Crippen LogP contribution in [0.15, 0.2) is 18.2 Å². The van der Waals surface area contributed by atoms with E-state index in [-0.39, 0.29) is 29.8 Å². The Bertz CT molecular complexity index is 489. The molecular weight excluding hydrogens is 268 g/mol. The molecule has 0 heterocycles. The van der Waals surface area contributed by atoms with Crippen molar-refractivity contribution in [3.05, 3.63) is 28.8 Å². The molecule has 6 heteroatoms. The first-order chi connectivity index (χ1) is 8.82. The Morgan fingerprint density at radius 2 is 2.05 bits per heavy atom. The molecule has 0 bridgehead atoms. The summed E-state index contributed by atoms with van der Waals surface area (Å²) in [5.41, 5.74) is 6.07. The average Bonchev–Trinajstić information content (AvgIpc) is 2.37. The minimum Gasteiger partial charge on any atom is -0.452 e. The van der Waals surface area contributed by atoms with Crippen LogP contribution in [-0.2, 0) is 9.53 Å². The van der Waals surface area contributed by atoms with Gasteiger partial charge in [0.2, 0.25) is 0 Å². The maximum absolute atomic E-state index is 11.8. The van der Waals surface area contributed by atoms with Crippen LogP contribution in [0.3, 0.4) is 0 Å². The number of nitrogens with zero attached hydrogens (tertiary/aromatic N) is 1. The van der Waals surface area contributed by atoms with Crippen molar-refractivity contribution in [2.45, 2.75) is 19.9 Å². The summed E-state index contributed by atoms with van der Waals surface area (Å²) < 4.78 is 4.93. The van der Waals surface area contributed by atoms with Crippen LogP contribution in [0.5, 0.6) is 0 Å². The standard InChI is InChI=1S/C13H17ClN2O3/c1-8(2)16(3)12(17)7-19-13(18)10-6-9(14)4-5-11(10)15/h4-6,8H,7,15H2,1-3H3. The van der Waals surface area contributed by atoms with E-state index in [1.807, 2.05) is 13.8 Å². The van der Waals surface area contributed by atoms with Gasteiger partial charge in [0, 0.05) is 23.8 Å². The fourth-order valence-electron chi connectivity index (χ4n) is 1.30. The molecule has 0 radical (unpaired) electrons. The highest BCUT2D eigenvalue weighted by Gasteiger charge is 2.17. The molecule has 1 rings (SSSR count). The third-order valence-corrected chi connectivity index (χ3v) is 2.97. The van der Waals surface area contributed by atoms with Crippen LogP contribution < -0.4 is 5.73 Å². The zero-order chi connectivity index (χ0) is 14.6. The molecule has 0 aliphatic heterocycles. The molecular formula is C13H17ClN2O3. The van der Waals surface area contributed by atoms with Gasteiger partial charge in [0.05, 0.1) is 5.56 Å². The Labute approximate surface area is 117 Å². The van der Waals surface area contributed by atoms with E-state index in [0.717, 1.165) is 0 Å². The minimum atomic E-state index is -0.662. The number of ether oxygens (including phenoxy) is 1. The summed E-state index contributed by atoms with van der Waals surface area (Å²) >= 11 is 5.78. The van der Waals surface area contributed by atoms with E-state index in [9.17, 15) is 9.59 Å². The van der Waals surface area contributed by atoms with Crippen LogP contribution in [0, 0.1) is 0 Å². The smallest absolute Gasteiger partial charge is 0.340 e. The molecule has 0 unspecified atom stereocenters. The van der Waals surface area contributed by atoms with Crippen molar-refractivity contribution < 1.29 is 14.3 Å². The Kier molecular flexibility index (Phi) is 5.18. The largest absolute Gasteiger partial charge is 0.452 e. The van der Waals surface area contributed by atoms with Crippen LogP contribution >= 0.6 is 11.6 Å². The second-order valence-corrected chi connectivity index (χ2v) is 4.84. The quantitative estimate of drug-likeness (QED) is 0.677. The number of carbonyl (C=O) groups is 2. The fraction of sp³-hybridized carbons (Fsp3) is 0.385. The van der Waals surface area contributed by atoms with Crippen LogP contribution in [0.1, 0.15) is 24.2 Å². The number of hydrogen-bond acceptors (Lipinski definition) is 4. The van der Waals surface area contributed by atoms with Gasteiger partial charge in [-0.05, 0) is 32.0 Å². The molecule has 2 N–H and O–H groups in total. The number of hydrogen-bond donors (Lipinski definition) is 1. The van der Waals surface area contributed by atoms with Gasteiger partial charge in [0.1, 0.15) is 0 Å². The molecule has 1 aromatic carbocycles. The zero-order valence-corrected chi connectivity index (χ0v) is 11.9. The lowest BCUT2D eigenvalue weighted by Gasteiger charge is -2.21. The first kappa shape index (κ1) is 15.3. The molecule has 0 saturated heterocycles. The predicted octanol–water partition coefficient (Wildman–Crippen LogP) is 1.95. The summed E-state index contributed by atoms with van der Waals surface area (Å²) in [7, 11) is 1.65. The van der Waals surface area contributed by atoms with Crippen LogP contribution in [-0.4, -0.2) is 36.5 Å².